The summed E-state index contributed by atoms with van der Waals surface area (Å²) < 4.78 is 5.65. The summed E-state index contributed by atoms with van der Waals surface area (Å²) in [5.41, 5.74) is 4.25. The summed E-state index contributed by atoms with van der Waals surface area (Å²) in [6, 6.07) is 23.3. The van der Waals surface area contributed by atoms with Gasteiger partial charge in [-0.3, -0.25) is 19.3 Å². The zero-order chi connectivity index (χ0) is 29.1. The first-order valence-electron chi connectivity index (χ1n) is 14.5. The highest BCUT2D eigenvalue weighted by atomic mass is 16.5. The molecular formula is C35H30N2O5. The molecule has 42 heavy (non-hydrogen) atoms. The number of carbonyl (C=O) groups is 4. The Hall–Kier alpha value is -4.65. The first-order valence-corrected chi connectivity index (χ1v) is 14.5. The number of aromatic nitrogens is 1. The SMILES string of the molecule is Cc1ccc(C(=O)[C@H](C)OC(=O)c2cc(-c3ccc(N4C(=O)[C@H]5[C@H]6CC[C@@H](C6)[C@@H]5C4=O)cc3)nc3ccccc23)cc1. The average Bonchev–Trinajstić information content (AvgIpc) is 3.70. The monoisotopic (exact) mass is 558 g/mol. The molecule has 2 saturated carbocycles. The highest BCUT2D eigenvalue weighted by Gasteiger charge is 2.61. The third kappa shape index (κ3) is 4.23. The highest BCUT2D eigenvalue weighted by molar-refractivity contribution is 6.22. The molecule has 1 aliphatic heterocycles. The lowest BCUT2D eigenvalue weighted by atomic mass is 9.81. The number of rotatable bonds is 6. The van der Waals surface area contributed by atoms with Crippen molar-refractivity contribution in [2.45, 2.75) is 39.2 Å². The smallest absolute Gasteiger partial charge is 0.339 e. The van der Waals surface area contributed by atoms with Crippen molar-refractivity contribution in [2.24, 2.45) is 23.7 Å². The van der Waals surface area contributed by atoms with Crippen LogP contribution in [0.2, 0.25) is 0 Å². The van der Waals surface area contributed by atoms with Crippen molar-refractivity contribution in [3.8, 4) is 11.3 Å². The van der Waals surface area contributed by atoms with Gasteiger partial charge in [0.25, 0.3) is 0 Å². The van der Waals surface area contributed by atoms with Crippen LogP contribution in [0.5, 0.6) is 0 Å². The molecule has 2 bridgehead atoms. The molecule has 3 aliphatic rings. The summed E-state index contributed by atoms with van der Waals surface area (Å²) in [5, 5.41) is 0.618. The number of ether oxygens (including phenoxy) is 1. The standard InChI is InChI=1S/C35H30N2O5/c1-19-7-9-22(10-8-19)32(38)20(2)42-35(41)27-18-29(36-28-6-4-3-5-26(27)28)21-13-15-25(16-14-21)37-33(39)30-23-11-12-24(17-23)31(30)34(37)40/h3-10,13-16,18,20,23-24,30-31H,11-12,17H2,1-2H3/t20-,23-,24-,30-,31-/m0/s1. The van der Waals surface area contributed by atoms with Crippen LogP contribution in [0.25, 0.3) is 22.2 Å². The van der Waals surface area contributed by atoms with Gasteiger partial charge in [-0.25, -0.2) is 9.78 Å². The second-order valence-electron chi connectivity index (χ2n) is 11.8. The van der Waals surface area contributed by atoms with E-state index in [4.69, 9.17) is 9.72 Å². The quantitative estimate of drug-likeness (QED) is 0.160. The molecule has 210 valence electrons. The molecule has 4 aromatic rings. The fraction of sp³-hybridized carbons (Fsp3) is 0.286. The molecule has 2 heterocycles. The van der Waals surface area contributed by atoms with Crippen LogP contribution in [0.1, 0.15) is 52.5 Å². The van der Waals surface area contributed by atoms with E-state index < -0.39 is 12.1 Å². The number of fused-ring (bicyclic) bond motifs is 6. The van der Waals surface area contributed by atoms with Gasteiger partial charge in [-0.15, -0.1) is 0 Å². The fourth-order valence-electron chi connectivity index (χ4n) is 7.17. The van der Waals surface area contributed by atoms with Crippen molar-refractivity contribution in [3.63, 3.8) is 0 Å². The molecule has 1 aromatic heterocycles. The first-order chi connectivity index (χ1) is 20.3. The third-order valence-corrected chi connectivity index (χ3v) is 9.27. The number of imide groups is 1. The molecule has 0 radical (unpaired) electrons. The molecule has 2 amide bonds. The summed E-state index contributed by atoms with van der Waals surface area (Å²) in [6.45, 7) is 3.51. The maximum Gasteiger partial charge on any atom is 0.339 e. The number of nitrogens with zero attached hydrogens (tertiary/aromatic N) is 2. The predicted octanol–water partition coefficient (Wildman–Crippen LogP) is 6.17. The van der Waals surface area contributed by atoms with Crippen LogP contribution in [-0.2, 0) is 14.3 Å². The van der Waals surface area contributed by atoms with E-state index in [9.17, 15) is 19.2 Å². The van der Waals surface area contributed by atoms with Crippen LogP contribution < -0.4 is 4.90 Å². The second-order valence-corrected chi connectivity index (χ2v) is 11.8. The zero-order valence-electron chi connectivity index (χ0n) is 23.4. The Bertz CT molecular complexity index is 1730. The van der Waals surface area contributed by atoms with E-state index in [0.29, 0.717) is 45.2 Å². The molecular weight excluding hydrogens is 528 g/mol. The first kappa shape index (κ1) is 26.3. The number of benzene rings is 3. The maximum atomic E-state index is 13.4. The summed E-state index contributed by atoms with van der Waals surface area (Å²) in [6.07, 6.45) is 2.10. The summed E-state index contributed by atoms with van der Waals surface area (Å²) >= 11 is 0. The van der Waals surface area contributed by atoms with Crippen molar-refractivity contribution in [2.75, 3.05) is 4.90 Å². The summed E-state index contributed by atoms with van der Waals surface area (Å²) in [4.78, 5) is 59.0. The minimum Gasteiger partial charge on any atom is -0.451 e. The topological polar surface area (TPSA) is 93.6 Å². The molecule has 1 saturated heterocycles. The number of para-hydroxylation sites is 1. The number of pyridine rings is 1. The van der Waals surface area contributed by atoms with E-state index in [-0.39, 0.29) is 29.4 Å². The molecule has 7 rings (SSSR count). The van der Waals surface area contributed by atoms with Crippen molar-refractivity contribution < 1.29 is 23.9 Å². The van der Waals surface area contributed by atoms with Crippen LogP contribution in [-0.4, -0.2) is 34.7 Å². The average molecular weight is 559 g/mol. The lowest BCUT2D eigenvalue weighted by Gasteiger charge is -2.19. The Morgan fingerprint density at radius 1 is 0.881 bits per heavy atom. The van der Waals surface area contributed by atoms with E-state index in [1.165, 1.54) is 4.90 Å². The lowest BCUT2D eigenvalue weighted by Crippen LogP contribution is -2.32. The van der Waals surface area contributed by atoms with E-state index in [1.54, 1.807) is 43.3 Å². The minimum atomic E-state index is -0.972. The molecule has 0 spiro atoms. The number of ketones is 1. The van der Waals surface area contributed by atoms with Crippen LogP contribution in [0.4, 0.5) is 5.69 Å². The van der Waals surface area contributed by atoms with Gasteiger partial charge >= 0.3 is 5.97 Å². The van der Waals surface area contributed by atoms with Crippen molar-refractivity contribution in [3.05, 3.63) is 95.6 Å². The van der Waals surface area contributed by atoms with E-state index in [0.717, 1.165) is 30.4 Å². The third-order valence-electron chi connectivity index (χ3n) is 9.27. The Morgan fingerprint density at radius 3 is 2.19 bits per heavy atom. The predicted molar refractivity (Wildman–Crippen MR) is 158 cm³/mol. The zero-order valence-corrected chi connectivity index (χ0v) is 23.4. The van der Waals surface area contributed by atoms with Gasteiger partial charge in [0, 0.05) is 16.5 Å². The Balaban J connectivity index is 1.16. The normalized spacial score (nSPS) is 23.3. The maximum absolute atomic E-state index is 13.4. The molecule has 7 heteroatoms. The molecule has 3 aromatic carbocycles. The van der Waals surface area contributed by atoms with Gasteiger partial charge in [0.05, 0.1) is 34.3 Å². The fourth-order valence-corrected chi connectivity index (χ4v) is 7.17. The van der Waals surface area contributed by atoms with Gasteiger partial charge in [0.15, 0.2) is 6.10 Å². The number of hydrogen-bond donors (Lipinski definition) is 0. The van der Waals surface area contributed by atoms with E-state index in [2.05, 4.69) is 0 Å². The minimum absolute atomic E-state index is 0.0758. The Labute approximate surface area is 243 Å². The second kappa shape index (κ2) is 10.0. The molecule has 5 atom stereocenters. The molecule has 2 aliphatic carbocycles. The van der Waals surface area contributed by atoms with E-state index >= 15 is 0 Å². The number of carbonyl (C=O) groups excluding carboxylic acids is 4. The van der Waals surface area contributed by atoms with Crippen LogP contribution in [0.3, 0.4) is 0 Å². The highest BCUT2D eigenvalue weighted by Crippen LogP contribution is 2.56. The molecule has 7 nitrogen and oxygen atoms in total. The van der Waals surface area contributed by atoms with Crippen LogP contribution in [0.15, 0.2) is 78.9 Å². The van der Waals surface area contributed by atoms with Crippen molar-refractivity contribution >= 4 is 40.2 Å². The largest absolute Gasteiger partial charge is 0.451 e. The number of anilines is 1. The van der Waals surface area contributed by atoms with Crippen molar-refractivity contribution in [1.82, 2.24) is 4.98 Å². The number of amides is 2. The van der Waals surface area contributed by atoms with Gasteiger partial charge in [0.1, 0.15) is 0 Å². The summed E-state index contributed by atoms with van der Waals surface area (Å²) in [5.74, 6) is -0.735. The van der Waals surface area contributed by atoms with E-state index in [1.807, 2.05) is 49.4 Å². The Kier molecular flexibility index (Phi) is 6.26. The number of hydrogen-bond acceptors (Lipinski definition) is 6. The number of esters is 1. The Morgan fingerprint density at radius 2 is 1.52 bits per heavy atom. The molecule has 3 fully saturated rings. The number of Topliss-reactive ketones (excluding diaryl/α,β-unsaturated/α-hetero) is 1. The van der Waals surface area contributed by atoms with Gasteiger partial charge in [-0.2, -0.15) is 0 Å². The van der Waals surface area contributed by atoms with Gasteiger partial charge in [-0.05, 0) is 69.2 Å². The molecule has 0 unspecified atom stereocenters. The lowest BCUT2D eigenvalue weighted by molar-refractivity contribution is -0.123. The van der Waals surface area contributed by atoms with Gasteiger partial charge < -0.3 is 4.74 Å². The van der Waals surface area contributed by atoms with Crippen LogP contribution in [0, 0.1) is 30.6 Å². The van der Waals surface area contributed by atoms with Gasteiger partial charge in [-0.1, -0.05) is 60.2 Å². The number of aryl methyl sites for hydroxylation is 1. The van der Waals surface area contributed by atoms with Crippen molar-refractivity contribution in [1.29, 1.82) is 0 Å². The summed E-state index contributed by atoms with van der Waals surface area (Å²) in [7, 11) is 0. The molecule has 0 N–H and O–H groups in total. The van der Waals surface area contributed by atoms with Gasteiger partial charge in [0.2, 0.25) is 17.6 Å². The van der Waals surface area contributed by atoms with Crippen LogP contribution >= 0.6 is 0 Å².